The molecular formula is C9H13F3O3. The summed E-state index contributed by atoms with van der Waals surface area (Å²) >= 11 is 0. The van der Waals surface area contributed by atoms with E-state index >= 15 is 0 Å². The predicted octanol–water partition coefficient (Wildman–Crippen LogP) is 2.21. The summed E-state index contributed by atoms with van der Waals surface area (Å²) in [6.07, 6.45) is -4.66. The van der Waals surface area contributed by atoms with Gasteiger partial charge in [0, 0.05) is 6.61 Å². The van der Waals surface area contributed by atoms with E-state index < -0.39 is 30.6 Å². The van der Waals surface area contributed by atoms with Gasteiger partial charge >= 0.3 is 12.1 Å². The fourth-order valence-corrected chi connectivity index (χ4v) is 1.69. The van der Waals surface area contributed by atoms with Gasteiger partial charge in [0.05, 0.1) is 18.4 Å². The largest absolute Gasteiger partial charge is 0.481 e. The van der Waals surface area contributed by atoms with Crippen LogP contribution in [0, 0.1) is 5.92 Å². The highest BCUT2D eigenvalue weighted by molar-refractivity contribution is 5.67. The second kappa shape index (κ2) is 4.83. The molecular weight excluding hydrogens is 213 g/mol. The van der Waals surface area contributed by atoms with Gasteiger partial charge in [-0.15, -0.1) is 0 Å². The maximum atomic E-state index is 12.4. The number of rotatable bonds is 4. The molecule has 0 amide bonds. The molecule has 2 unspecified atom stereocenters. The van der Waals surface area contributed by atoms with Gasteiger partial charge in [0.15, 0.2) is 0 Å². The standard InChI is InChI=1S/C9H13F3O3/c10-9(11,12)6(5-8(13)14)4-7-2-1-3-15-7/h6-7H,1-5H2,(H,13,14). The van der Waals surface area contributed by atoms with Gasteiger partial charge in [0.1, 0.15) is 0 Å². The Hall–Kier alpha value is -0.780. The summed E-state index contributed by atoms with van der Waals surface area (Å²) in [5.74, 6) is -3.21. The molecule has 0 saturated carbocycles. The zero-order valence-corrected chi connectivity index (χ0v) is 8.09. The van der Waals surface area contributed by atoms with Gasteiger partial charge in [0.25, 0.3) is 0 Å². The fourth-order valence-electron chi connectivity index (χ4n) is 1.69. The van der Waals surface area contributed by atoms with Crippen LogP contribution in [0.15, 0.2) is 0 Å². The van der Waals surface area contributed by atoms with Gasteiger partial charge in [-0.05, 0) is 19.3 Å². The lowest BCUT2D eigenvalue weighted by Gasteiger charge is -2.21. The molecule has 6 heteroatoms. The number of halogens is 3. The summed E-state index contributed by atoms with van der Waals surface area (Å²) in [5, 5.41) is 8.38. The molecule has 1 heterocycles. The monoisotopic (exact) mass is 226 g/mol. The van der Waals surface area contributed by atoms with E-state index in [0.717, 1.165) is 6.42 Å². The number of hydrogen-bond acceptors (Lipinski definition) is 2. The maximum Gasteiger partial charge on any atom is 0.392 e. The summed E-state index contributed by atoms with van der Waals surface area (Å²) in [4.78, 5) is 10.3. The highest BCUT2D eigenvalue weighted by Crippen LogP contribution is 2.34. The number of carboxylic acid groups (broad SMARTS) is 1. The molecule has 0 aliphatic carbocycles. The molecule has 0 aromatic carbocycles. The number of ether oxygens (including phenoxy) is 1. The molecule has 1 N–H and O–H groups in total. The number of carbonyl (C=O) groups is 1. The molecule has 0 spiro atoms. The minimum atomic E-state index is -4.45. The van der Waals surface area contributed by atoms with E-state index in [9.17, 15) is 18.0 Å². The third-order valence-corrected chi connectivity index (χ3v) is 2.46. The van der Waals surface area contributed by atoms with Crippen LogP contribution in [-0.4, -0.2) is 30.0 Å². The fraction of sp³-hybridized carbons (Fsp3) is 0.889. The number of aliphatic carboxylic acids is 1. The van der Waals surface area contributed by atoms with Crippen molar-refractivity contribution in [3.63, 3.8) is 0 Å². The van der Waals surface area contributed by atoms with Crippen molar-refractivity contribution in [1.82, 2.24) is 0 Å². The lowest BCUT2D eigenvalue weighted by molar-refractivity contribution is -0.189. The van der Waals surface area contributed by atoms with Gasteiger partial charge < -0.3 is 9.84 Å². The Morgan fingerprint density at radius 1 is 1.53 bits per heavy atom. The first-order valence-electron chi connectivity index (χ1n) is 4.79. The summed E-state index contributed by atoms with van der Waals surface area (Å²) < 4.78 is 42.3. The van der Waals surface area contributed by atoms with Gasteiger partial charge in [-0.2, -0.15) is 13.2 Å². The first-order chi connectivity index (χ1) is 6.89. The van der Waals surface area contributed by atoms with E-state index in [0.29, 0.717) is 13.0 Å². The molecule has 1 fully saturated rings. The number of alkyl halides is 3. The summed E-state index contributed by atoms with van der Waals surface area (Å²) in [5.41, 5.74) is 0. The predicted molar refractivity (Wildman–Crippen MR) is 45.4 cm³/mol. The van der Waals surface area contributed by atoms with E-state index in [1.165, 1.54) is 0 Å². The average molecular weight is 226 g/mol. The highest BCUT2D eigenvalue weighted by Gasteiger charge is 2.42. The lowest BCUT2D eigenvalue weighted by Crippen LogP contribution is -2.29. The van der Waals surface area contributed by atoms with Crippen molar-refractivity contribution >= 4 is 5.97 Å². The molecule has 3 nitrogen and oxygen atoms in total. The smallest absolute Gasteiger partial charge is 0.392 e. The maximum absolute atomic E-state index is 12.4. The Balaban J connectivity index is 2.51. The molecule has 1 saturated heterocycles. The van der Waals surface area contributed by atoms with E-state index in [4.69, 9.17) is 9.84 Å². The van der Waals surface area contributed by atoms with E-state index in [1.807, 2.05) is 0 Å². The number of hydrogen-bond donors (Lipinski definition) is 1. The Labute approximate surface area is 85.2 Å². The molecule has 0 aromatic rings. The summed E-state index contributed by atoms with van der Waals surface area (Å²) in [6, 6.07) is 0. The quantitative estimate of drug-likeness (QED) is 0.799. The van der Waals surface area contributed by atoms with Gasteiger partial charge in [-0.3, -0.25) is 4.79 Å². The van der Waals surface area contributed by atoms with Crippen LogP contribution in [0.5, 0.6) is 0 Å². The second-order valence-electron chi connectivity index (χ2n) is 3.71. The SMILES string of the molecule is O=C(O)CC(CC1CCCO1)C(F)(F)F. The van der Waals surface area contributed by atoms with Crippen LogP contribution in [0.1, 0.15) is 25.7 Å². The molecule has 1 aliphatic heterocycles. The molecule has 88 valence electrons. The van der Waals surface area contributed by atoms with Crippen molar-refractivity contribution in [3.05, 3.63) is 0 Å². The van der Waals surface area contributed by atoms with Crippen LogP contribution >= 0.6 is 0 Å². The molecule has 0 aromatic heterocycles. The molecule has 15 heavy (non-hydrogen) atoms. The normalized spacial score (nSPS) is 24.1. The van der Waals surface area contributed by atoms with Crippen LogP contribution in [0.25, 0.3) is 0 Å². The van der Waals surface area contributed by atoms with Gasteiger partial charge in [-0.25, -0.2) is 0 Å². The minimum absolute atomic E-state index is 0.240. The van der Waals surface area contributed by atoms with Crippen molar-refractivity contribution in [2.24, 2.45) is 5.92 Å². The Kier molecular flexibility index (Phi) is 3.96. The van der Waals surface area contributed by atoms with E-state index in [-0.39, 0.29) is 6.42 Å². The topological polar surface area (TPSA) is 46.5 Å². The van der Waals surface area contributed by atoms with Crippen molar-refractivity contribution in [1.29, 1.82) is 0 Å². The molecule has 0 radical (unpaired) electrons. The van der Waals surface area contributed by atoms with Crippen LogP contribution in [0.3, 0.4) is 0 Å². The van der Waals surface area contributed by atoms with Gasteiger partial charge in [0.2, 0.25) is 0 Å². The molecule has 1 aliphatic rings. The molecule has 1 rings (SSSR count). The van der Waals surface area contributed by atoms with Crippen LogP contribution in [0.2, 0.25) is 0 Å². The van der Waals surface area contributed by atoms with Crippen molar-refractivity contribution < 1.29 is 27.8 Å². The Morgan fingerprint density at radius 2 is 2.20 bits per heavy atom. The third-order valence-electron chi connectivity index (χ3n) is 2.46. The average Bonchev–Trinajstić information content (AvgIpc) is 2.53. The van der Waals surface area contributed by atoms with Crippen LogP contribution < -0.4 is 0 Å². The first kappa shape index (κ1) is 12.3. The molecule has 2 atom stereocenters. The molecule has 0 bridgehead atoms. The van der Waals surface area contributed by atoms with Crippen LogP contribution in [0.4, 0.5) is 13.2 Å². The van der Waals surface area contributed by atoms with Crippen molar-refractivity contribution in [2.45, 2.75) is 38.0 Å². The van der Waals surface area contributed by atoms with E-state index in [1.54, 1.807) is 0 Å². The third kappa shape index (κ3) is 4.07. The second-order valence-corrected chi connectivity index (χ2v) is 3.71. The number of carboxylic acids is 1. The van der Waals surface area contributed by atoms with Crippen molar-refractivity contribution in [3.8, 4) is 0 Å². The zero-order chi connectivity index (χ0) is 11.5. The summed E-state index contributed by atoms with van der Waals surface area (Å²) in [7, 11) is 0. The van der Waals surface area contributed by atoms with Crippen LogP contribution in [-0.2, 0) is 9.53 Å². The van der Waals surface area contributed by atoms with Gasteiger partial charge in [-0.1, -0.05) is 0 Å². The van der Waals surface area contributed by atoms with Crippen molar-refractivity contribution in [2.75, 3.05) is 6.61 Å². The highest BCUT2D eigenvalue weighted by atomic mass is 19.4. The summed E-state index contributed by atoms with van der Waals surface area (Å²) in [6.45, 7) is 0.475. The zero-order valence-electron chi connectivity index (χ0n) is 8.09. The van der Waals surface area contributed by atoms with E-state index in [2.05, 4.69) is 0 Å². The first-order valence-corrected chi connectivity index (χ1v) is 4.79. The Bertz CT molecular complexity index is 221. The lowest BCUT2D eigenvalue weighted by atomic mass is 9.96. The minimum Gasteiger partial charge on any atom is -0.481 e. The Morgan fingerprint density at radius 3 is 2.60 bits per heavy atom.